The summed E-state index contributed by atoms with van der Waals surface area (Å²) in [7, 11) is 1.62. The maximum atomic E-state index is 11.4. The smallest absolute Gasteiger partial charge is 0.234 e. The van der Waals surface area contributed by atoms with Gasteiger partial charge in [0.2, 0.25) is 5.91 Å². The second kappa shape index (κ2) is 10.5. The van der Waals surface area contributed by atoms with Crippen LogP contribution in [0.1, 0.15) is 26.7 Å². The number of aliphatic hydroxyl groups excluding tert-OH is 1. The molecular formula is C12H26N2O3. The number of hydrogen-bond acceptors (Lipinski definition) is 4. The third-order valence-electron chi connectivity index (χ3n) is 2.87. The lowest BCUT2D eigenvalue weighted by Crippen LogP contribution is -2.40. The molecule has 1 amide bonds. The molecule has 1 atom stereocenters. The van der Waals surface area contributed by atoms with Gasteiger partial charge in [-0.05, 0) is 5.92 Å². The second-order valence-corrected chi connectivity index (χ2v) is 4.12. The Balaban J connectivity index is 3.61. The Morgan fingerprint density at radius 3 is 2.53 bits per heavy atom. The summed E-state index contributed by atoms with van der Waals surface area (Å²) in [5.41, 5.74) is 0. The van der Waals surface area contributed by atoms with E-state index in [-0.39, 0.29) is 18.4 Å². The summed E-state index contributed by atoms with van der Waals surface area (Å²) in [4.78, 5) is 11.4. The molecular weight excluding hydrogens is 220 g/mol. The molecule has 0 aliphatic rings. The van der Waals surface area contributed by atoms with Crippen molar-refractivity contribution in [1.82, 2.24) is 10.6 Å². The second-order valence-electron chi connectivity index (χ2n) is 4.12. The molecule has 0 saturated heterocycles. The first-order chi connectivity index (χ1) is 8.15. The van der Waals surface area contributed by atoms with Crippen LogP contribution < -0.4 is 10.6 Å². The van der Waals surface area contributed by atoms with Gasteiger partial charge < -0.3 is 20.5 Å². The molecule has 0 aliphatic heterocycles. The maximum absolute atomic E-state index is 11.4. The van der Waals surface area contributed by atoms with Gasteiger partial charge in [-0.25, -0.2) is 0 Å². The van der Waals surface area contributed by atoms with Crippen molar-refractivity contribution < 1.29 is 14.6 Å². The normalized spacial score (nSPS) is 12.8. The summed E-state index contributed by atoms with van der Waals surface area (Å²) in [5.74, 6) is 0.169. The Kier molecular flexibility index (Phi) is 10.1. The first-order valence-electron chi connectivity index (χ1n) is 6.30. The first kappa shape index (κ1) is 16.4. The van der Waals surface area contributed by atoms with Gasteiger partial charge in [0.25, 0.3) is 0 Å². The molecule has 3 N–H and O–H groups in total. The van der Waals surface area contributed by atoms with Crippen molar-refractivity contribution in [3.63, 3.8) is 0 Å². The SMILES string of the molecule is CCC(CC)C(O)CNC(=O)CNCCOC. The molecule has 102 valence electrons. The lowest BCUT2D eigenvalue weighted by atomic mass is 9.96. The summed E-state index contributed by atoms with van der Waals surface area (Å²) in [5, 5.41) is 15.5. The van der Waals surface area contributed by atoms with Gasteiger partial charge in [0.15, 0.2) is 0 Å². The minimum Gasteiger partial charge on any atom is -0.391 e. The Labute approximate surface area is 104 Å². The fourth-order valence-electron chi connectivity index (χ4n) is 1.66. The third kappa shape index (κ3) is 8.12. The Bertz CT molecular complexity index is 196. The predicted molar refractivity (Wildman–Crippen MR) is 67.8 cm³/mol. The van der Waals surface area contributed by atoms with E-state index in [4.69, 9.17) is 4.74 Å². The molecule has 0 aromatic carbocycles. The van der Waals surface area contributed by atoms with E-state index >= 15 is 0 Å². The van der Waals surface area contributed by atoms with Crippen LogP contribution in [0.5, 0.6) is 0 Å². The van der Waals surface area contributed by atoms with Crippen molar-refractivity contribution in [3.05, 3.63) is 0 Å². The minimum absolute atomic E-state index is 0.0916. The molecule has 0 spiro atoms. The summed E-state index contributed by atoms with van der Waals surface area (Å²) < 4.78 is 4.85. The zero-order valence-electron chi connectivity index (χ0n) is 11.2. The third-order valence-corrected chi connectivity index (χ3v) is 2.87. The van der Waals surface area contributed by atoms with E-state index in [2.05, 4.69) is 10.6 Å². The quantitative estimate of drug-likeness (QED) is 0.479. The van der Waals surface area contributed by atoms with E-state index in [1.807, 2.05) is 13.8 Å². The summed E-state index contributed by atoms with van der Waals surface area (Å²) in [6.07, 6.45) is 1.41. The fraction of sp³-hybridized carbons (Fsp3) is 0.917. The number of carbonyl (C=O) groups is 1. The number of rotatable bonds is 10. The van der Waals surface area contributed by atoms with Gasteiger partial charge in [-0.3, -0.25) is 4.79 Å². The Morgan fingerprint density at radius 2 is 2.00 bits per heavy atom. The molecule has 1 unspecified atom stereocenters. The van der Waals surface area contributed by atoms with E-state index in [1.165, 1.54) is 0 Å². The fourth-order valence-corrected chi connectivity index (χ4v) is 1.66. The molecule has 0 aliphatic carbocycles. The van der Waals surface area contributed by atoms with Crippen molar-refractivity contribution in [3.8, 4) is 0 Å². The van der Waals surface area contributed by atoms with Gasteiger partial charge in [-0.1, -0.05) is 26.7 Å². The van der Waals surface area contributed by atoms with E-state index in [0.29, 0.717) is 19.7 Å². The van der Waals surface area contributed by atoms with Crippen LogP contribution in [0.25, 0.3) is 0 Å². The number of aliphatic hydroxyl groups is 1. The van der Waals surface area contributed by atoms with E-state index < -0.39 is 6.10 Å². The molecule has 5 heteroatoms. The van der Waals surface area contributed by atoms with Crippen LogP contribution in [0.2, 0.25) is 0 Å². The highest BCUT2D eigenvalue weighted by Gasteiger charge is 2.15. The molecule has 17 heavy (non-hydrogen) atoms. The minimum atomic E-state index is -0.451. The van der Waals surface area contributed by atoms with E-state index in [9.17, 15) is 9.90 Å². The molecule has 0 aromatic rings. The van der Waals surface area contributed by atoms with Crippen LogP contribution in [0, 0.1) is 5.92 Å². The molecule has 0 saturated carbocycles. The average Bonchev–Trinajstić information content (AvgIpc) is 2.33. The van der Waals surface area contributed by atoms with Crippen LogP contribution in [0.3, 0.4) is 0 Å². The summed E-state index contributed by atoms with van der Waals surface area (Å²) in [6, 6.07) is 0. The number of carbonyl (C=O) groups excluding carboxylic acids is 1. The van der Waals surface area contributed by atoms with Crippen LogP contribution >= 0.6 is 0 Å². The van der Waals surface area contributed by atoms with Crippen molar-refractivity contribution in [2.75, 3.05) is 33.4 Å². The standard InChI is InChI=1S/C12H26N2O3/c1-4-10(5-2)11(15)8-14-12(16)9-13-6-7-17-3/h10-11,13,15H,4-9H2,1-3H3,(H,14,16). The van der Waals surface area contributed by atoms with Gasteiger partial charge in [0.05, 0.1) is 19.3 Å². The molecule has 0 fully saturated rings. The number of hydrogen-bond donors (Lipinski definition) is 3. The van der Waals surface area contributed by atoms with Crippen LogP contribution in [0.4, 0.5) is 0 Å². The van der Waals surface area contributed by atoms with Crippen molar-refractivity contribution in [1.29, 1.82) is 0 Å². The summed E-state index contributed by atoms with van der Waals surface area (Å²) >= 11 is 0. The molecule has 0 radical (unpaired) electrons. The predicted octanol–water partition coefficient (Wildman–Crippen LogP) is 0.136. The van der Waals surface area contributed by atoms with Crippen molar-refractivity contribution in [2.24, 2.45) is 5.92 Å². The van der Waals surface area contributed by atoms with Crippen molar-refractivity contribution >= 4 is 5.91 Å². The lowest BCUT2D eigenvalue weighted by molar-refractivity contribution is -0.120. The largest absolute Gasteiger partial charge is 0.391 e. The Hall–Kier alpha value is -0.650. The topological polar surface area (TPSA) is 70.6 Å². The monoisotopic (exact) mass is 246 g/mol. The maximum Gasteiger partial charge on any atom is 0.234 e. The van der Waals surface area contributed by atoms with Gasteiger partial charge in [0, 0.05) is 20.2 Å². The van der Waals surface area contributed by atoms with E-state index in [0.717, 1.165) is 12.8 Å². The van der Waals surface area contributed by atoms with Crippen LogP contribution in [-0.4, -0.2) is 50.5 Å². The van der Waals surface area contributed by atoms with Gasteiger partial charge in [-0.2, -0.15) is 0 Å². The highest BCUT2D eigenvalue weighted by Crippen LogP contribution is 2.11. The molecule has 0 heterocycles. The van der Waals surface area contributed by atoms with Gasteiger partial charge >= 0.3 is 0 Å². The molecule has 0 rings (SSSR count). The zero-order valence-corrected chi connectivity index (χ0v) is 11.2. The molecule has 5 nitrogen and oxygen atoms in total. The highest BCUT2D eigenvalue weighted by molar-refractivity contribution is 5.77. The first-order valence-corrected chi connectivity index (χ1v) is 6.30. The number of methoxy groups -OCH3 is 1. The number of nitrogens with one attached hydrogen (secondary N) is 2. The van der Waals surface area contributed by atoms with E-state index in [1.54, 1.807) is 7.11 Å². The van der Waals surface area contributed by atoms with Gasteiger partial charge in [0.1, 0.15) is 0 Å². The highest BCUT2D eigenvalue weighted by atomic mass is 16.5. The number of ether oxygens (including phenoxy) is 1. The van der Waals surface area contributed by atoms with Crippen molar-refractivity contribution in [2.45, 2.75) is 32.8 Å². The van der Waals surface area contributed by atoms with Crippen LogP contribution in [-0.2, 0) is 9.53 Å². The van der Waals surface area contributed by atoms with Gasteiger partial charge in [-0.15, -0.1) is 0 Å². The lowest BCUT2D eigenvalue weighted by Gasteiger charge is -2.20. The molecule has 0 bridgehead atoms. The van der Waals surface area contributed by atoms with Crippen LogP contribution in [0.15, 0.2) is 0 Å². The molecule has 0 aromatic heterocycles. The zero-order chi connectivity index (χ0) is 13.1. The Morgan fingerprint density at radius 1 is 1.35 bits per heavy atom. The average molecular weight is 246 g/mol. The summed E-state index contributed by atoms with van der Waals surface area (Å²) in [6.45, 7) is 5.93. The number of amides is 1.